The van der Waals surface area contributed by atoms with Gasteiger partial charge in [-0.05, 0) is 43.6 Å². The van der Waals surface area contributed by atoms with E-state index >= 15 is 0 Å². The topological polar surface area (TPSA) is 66.5 Å². The van der Waals surface area contributed by atoms with Crippen LogP contribution in [0.3, 0.4) is 0 Å². The first-order chi connectivity index (χ1) is 8.99. The van der Waals surface area contributed by atoms with Crippen LogP contribution in [0.15, 0.2) is 16.9 Å². The molecule has 2 aromatic heterocycles. The Morgan fingerprint density at radius 3 is 2.68 bits per heavy atom. The van der Waals surface area contributed by atoms with Crippen LogP contribution in [0, 0.1) is 17.6 Å². The van der Waals surface area contributed by atoms with Crippen molar-refractivity contribution in [1.82, 2.24) is 19.7 Å². The van der Waals surface area contributed by atoms with Crippen LogP contribution in [0.1, 0.15) is 26.0 Å². The SMILES string of the molecule is Cc1ccc(-c2nc(=S)[nH][nH]2)c(=O)n1CCC(C)C. The Hall–Kier alpha value is -1.69. The van der Waals surface area contributed by atoms with E-state index in [0.717, 1.165) is 18.7 Å². The Morgan fingerprint density at radius 2 is 2.11 bits per heavy atom. The highest BCUT2D eigenvalue weighted by Gasteiger charge is 2.11. The maximum atomic E-state index is 12.5. The minimum Gasteiger partial charge on any atom is -0.312 e. The number of hydrogen-bond acceptors (Lipinski definition) is 3. The molecule has 0 saturated heterocycles. The van der Waals surface area contributed by atoms with Gasteiger partial charge in [-0.1, -0.05) is 13.8 Å². The lowest BCUT2D eigenvalue weighted by atomic mass is 10.1. The zero-order valence-electron chi connectivity index (χ0n) is 11.4. The van der Waals surface area contributed by atoms with E-state index in [-0.39, 0.29) is 5.56 Å². The first kappa shape index (κ1) is 13.7. The zero-order valence-corrected chi connectivity index (χ0v) is 12.2. The summed E-state index contributed by atoms with van der Waals surface area (Å²) >= 11 is 4.91. The van der Waals surface area contributed by atoms with Crippen molar-refractivity contribution in [2.75, 3.05) is 0 Å². The second kappa shape index (κ2) is 5.52. The fraction of sp³-hybridized carbons (Fsp3) is 0.462. The number of aromatic amines is 2. The normalized spacial score (nSPS) is 11.2. The van der Waals surface area contributed by atoms with Gasteiger partial charge in [-0.25, -0.2) is 0 Å². The number of pyridine rings is 1. The van der Waals surface area contributed by atoms with Gasteiger partial charge in [-0.15, -0.1) is 0 Å². The van der Waals surface area contributed by atoms with Gasteiger partial charge in [0.05, 0.1) is 5.56 Å². The summed E-state index contributed by atoms with van der Waals surface area (Å²) in [5.41, 5.74) is 1.48. The summed E-state index contributed by atoms with van der Waals surface area (Å²) in [4.78, 5) is 16.6. The molecule has 0 aromatic carbocycles. The second-order valence-electron chi connectivity index (χ2n) is 5.04. The maximum absolute atomic E-state index is 12.5. The summed E-state index contributed by atoms with van der Waals surface area (Å²) in [7, 11) is 0. The lowest BCUT2D eigenvalue weighted by Gasteiger charge is -2.12. The minimum absolute atomic E-state index is 0.0293. The predicted octanol–water partition coefficient (Wildman–Crippen LogP) is 2.65. The van der Waals surface area contributed by atoms with Crippen LogP contribution in [0.2, 0.25) is 0 Å². The molecule has 2 N–H and O–H groups in total. The summed E-state index contributed by atoms with van der Waals surface area (Å²) in [5, 5.41) is 5.53. The van der Waals surface area contributed by atoms with Crippen LogP contribution in [-0.2, 0) is 6.54 Å². The maximum Gasteiger partial charge on any atom is 0.261 e. The first-order valence-corrected chi connectivity index (χ1v) is 6.75. The number of nitrogens with zero attached hydrogens (tertiary/aromatic N) is 2. The van der Waals surface area contributed by atoms with Crippen LogP contribution >= 0.6 is 12.2 Å². The number of nitrogens with one attached hydrogen (secondary N) is 2. The van der Waals surface area contributed by atoms with Crippen LogP contribution < -0.4 is 5.56 Å². The van der Waals surface area contributed by atoms with Crippen molar-refractivity contribution in [3.8, 4) is 11.4 Å². The third-order valence-electron chi connectivity index (χ3n) is 3.08. The Labute approximate surface area is 116 Å². The van der Waals surface area contributed by atoms with Gasteiger partial charge in [0.1, 0.15) is 0 Å². The van der Waals surface area contributed by atoms with Crippen molar-refractivity contribution in [2.45, 2.75) is 33.7 Å². The van der Waals surface area contributed by atoms with Crippen LogP contribution in [0.4, 0.5) is 0 Å². The highest BCUT2D eigenvalue weighted by Crippen LogP contribution is 2.11. The molecular weight excluding hydrogens is 260 g/mol. The highest BCUT2D eigenvalue weighted by molar-refractivity contribution is 7.71. The van der Waals surface area contributed by atoms with Gasteiger partial charge in [0.2, 0.25) is 4.77 Å². The lowest BCUT2D eigenvalue weighted by Crippen LogP contribution is -2.24. The number of aryl methyl sites for hydroxylation is 1. The van der Waals surface area contributed by atoms with Gasteiger partial charge in [0, 0.05) is 12.2 Å². The molecule has 102 valence electrons. The van der Waals surface area contributed by atoms with E-state index in [1.165, 1.54) is 0 Å². The van der Waals surface area contributed by atoms with E-state index in [2.05, 4.69) is 29.0 Å². The van der Waals surface area contributed by atoms with Gasteiger partial charge >= 0.3 is 0 Å². The molecule has 0 amide bonds. The molecule has 0 saturated carbocycles. The van der Waals surface area contributed by atoms with Gasteiger partial charge in [0.15, 0.2) is 5.82 Å². The highest BCUT2D eigenvalue weighted by atomic mass is 32.1. The van der Waals surface area contributed by atoms with Crippen molar-refractivity contribution >= 4 is 12.2 Å². The summed E-state index contributed by atoms with van der Waals surface area (Å²) in [5.74, 6) is 1.06. The Kier molecular flexibility index (Phi) is 3.99. The van der Waals surface area contributed by atoms with E-state index < -0.39 is 0 Å². The minimum atomic E-state index is -0.0293. The van der Waals surface area contributed by atoms with Crippen LogP contribution in [0.5, 0.6) is 0 Å². The van der Waals surface area contributed by atoms with E-state index in [1.54, 1.807) is 10.6 Å². The molecule has 2 rings (SSSR count). The summed E-state index contributed by atoms with van der Waals surface area (Å²) in [6.07, 6.45) is 0.973. The van der Waals surface area contributed by atoms with E-state index in [1.807, 2.05) is 13.0 Å². The van der Waals surface area contributed by atoms with Crippen LogP contribution in [-0.4, -0.2) is 19.7 Å². The molecule has 0 aliphatic heterocycles. The molecule has 6 heteroatoms. The molecule has 0 bridgehead atoms. The molecule has 0 spiro atoms. The van der Waals surface area contributed by atoms with Crippen molar-refractivity contribution < 1.29 is 0 Å². The van der Waals surface area contributed by atoms with Crippen LogP contribution in [0.25, 0.3) is 11.4 Å². The summed E-state index contributed by atoms with van der Waals surface area (Å²) in [6, 6.07) is 3.72. The van der Waals surface area contributed by atoms with Crippen molar-refractivity contribution in [3.05, 3.63) is 33.0 Å². The third kappa shape index (κ3) is 3.01. The second-order valence-corrected chi connectivity index (χ2v) is 5.43. The molecule has 0 radical (unpaired) electrons. The lowest BCUT2D eigenvalue weighted by molar-refractivity contribution is 0.502. The van der Waals surface area contributed by atoms with Gasteiger partial charge < -0.3 is 4.57 Å². The number of rotatable bonds is 4. The Bertz CT molecular complexity index is 680. The molecule has 19 heavy (non-hydrogen) atoms. The molecule has 2 aromatic rings. The molecule has 0 aliphatic carbocycles. The van der Waals surface area contributed by atoms with Gasteiger partial charge in [-0.2, -0.15) is 4.98 Å². The van der Waals surface area contributed by atoms with Crippen molar-refractivity contribution in [2.24, 2.45) is 5.92 Å². The zero-order chi connectivity index (χ0) is 14.0. The van der Waals surface area contributed by atoms with Gasteiger partial charge in [0.25, 0.3) is 5.56 Å². The molecular formula is C13H18N4OS. The fourth-order valence-electron chi connectivity index (χ4n) is 1.91. The third-order valence-corrected chi connectivity index (χ3v) is 3.27. The van der Waals surface area contributed by atoms with Crippen molar-refractivity contribution in [3.63, 3.8) is 0 Å². The molecule has 2 heterocycles. The number of hydrogen-bond donors (Lipinski definition) is 2. The summed E-state index contributed by atoms with van der Waals surface area (Å²) < 4.78 is 2.14. The fourth-order valence-corrected chi connectivity index (χ4v) is 2.06. The standard InChI is InChI=1S/C13H18N4OS/c1-8(2)6-7-17-9(3)4-5-10(12(17)18)11-14-13(19)16-15-11/h4-5,8H,6-7H2,1-3H3,(H2,14,15,16,19). The smallest absolute Gasteiger partial charge is 0.261 e. The molecule has 0 aliphatic rings. The molecule has 0 atom stereocenters. The number of H-pyrrole nitrogens is 2. The molecule has 5 nitrogen and oxygen atoms in total. The predicted molar refractivity (Wildman–Crippen MR) is 77.7 cm³/mol. The monoisotopic (exact) mass is 278 g/mol. The number of aromatic nitrogens is 4. The molecule has 0 unspecified atom stereocenters. The van der Waals surface area contributed by atoms with Gasteiger partial charge in [-0.3, -0.25) is 15.0 Å². The van der Waals surface area contributed by atoms with E-state index in [9.17, 15) is 4.79 Å². The molecule has 0 fully saturated rings. The van der Waals surface area contributed by atoms with Crippen molar-refractivity contribution in [1.29, 1.82) is 0 Å². The van der Waals surface area contributed by atoms with E-state index in [0.29, 0.717) is 22.1 Å². The average molecular weight is 278 g/mol. The Balaban J connectivity index is 2.45. The summed E-state index contributed by atoms with van der Waals surface area (Å²) in [6.45, 7) is 6.96. The van der Waals surface area contributed by atoms with E-state index in [4.69, 9.17) is 12.2 Å². The largest absolute Gasteiger partial charge is 0.312 e. The Morgan fingerprint density at radius 1 is 1.37 bits per heavy atom. The first-order valence-electron chi connectivity index (χ1n) is 6.34. The average Bonchev–Trinajstić information content (AvgIpc) is 2.75. The quantitative estimate of drug-likeness (QED) is 0.845.